The van der Waals surface area contributed by atoms with Crippen LogP contribution >= 0.6 is 0 Å². The van der Waals surface area contributed by atoms with Crippen LogP contribution in [0.25, 0.3) is 0 Å². The largest absolute Gasteiger partial charge is 0.493 e. The van der Waals surface area contributed by atoms with Crippen LogP contribution in [0.3, 0.4) is 0 Å². The van der Waals surface area contributed by atoms with Gasteiger partial charge in [-0.2, -0.15) is 0 Å². The van der Waals surface area contributed by atoms with Crippen molar-refractivity contribution < 1.29 is 14.3 Å². The van der Waals surface area contributed by atoms with Crippen LogP contribution in [0.15, 0.2) is 78.9 Å². The highest BCUT2D eigenvalue weighted by molar-refractivity contribution is 5.96. The minimum Gasteiger partial charge on any atom is -0.493 e. The Kier molecular flexibility index (Phi) is 8.26. The number of nitrogens with one attached hydrogen (secondary N) is 3. The van der Waals surface area contributed by atoms with E-state index in [1.165, 1.54) is 0 Å². The first-order valence-electron chi connectivity index (χ1n) is 10.7. The minimum atomic E-state index is -0.181. The topological polar surface area (TPSA) is 79.5 Å². The Morgan fingerprint density at radius 3 is 2.34 bits per heavy atom. The molecule has 3 aromatic carbocycles. The lowest BCUT2D eigenvalue weighted by molar-refractivity contribution is -0.114. The van der Waals surface area contributed by atoms with E-state index in [0.29, 0.717) is 30.3 Å². The van der Waals surface area contributed by atoms with Crippen LogP contribution in [0, 0.1) is 5.92 Å². The van der Waals surface area contributed by atoms with Crippen molar-refractivity contribution in [2.75, 3.05) is 23.8 Å². The normalized spacial score (nSPS) is 10.5. The van der Waals surface area contributed by atoms with Crippen molar-refractivity contribution in [2.24, 2.45) is 5.92 Å². The van der Waals surface area contributed by atoms with E-state index >= 15 is 0 Å². The molecule has 0 aliphatic heterocycles. The summed E-state index contributed by atoms with van der Waals surface area (Å²) in [5.41, 5.74) is 3.02. The summed E-state index contributed by atoms with van der Waals surface area (Å²) in [4.78, 5) is 24.6. The van der Waals surface area contributed by atoms with Crippen LogP contribution in [-0.2, 0) is 11.3 Å². The Balaban J connectivity index is 1.45. The summed E-state index contributed by atoms with van der Waals surface area (Å²) >= 11 is 0. The smallest absolute Gasteiger partial charge is 0.251 e. The van der Waals surface area contributed by atoms with Gasteiger partial charge in [0.1, 0.15) is 5.75 Å². The summed E-state index contributed by atoms with van der Waals surface area (Å²) in [6.07, 6.45) is 0. The van der Waals surface area contributed by atoms with Gasteiger partial charge in [0, 0.05) is 29.5 Å². The highest BCUT2D eigenvalue weighted by Crippen LogP contribution is 2.18. The molecule has 3 N–H and O–H groups in total. The molecular weight excluding hydrogens is 402 g/mol. The number of amides is 2. The molecule has 3 aromatic rings. The van der Waals surface area contributed by atoms with E-state index in [4.69, 9.17) is 4.74 Å². The molecule has 0 spiro atoms. The first kappa shape index (κ1) is 22.9. The highest BCUT2D eigenvalue weighted by Gasteiger charge is 2.07. The molecule has 0 radical (unpaired) electrons. The molecule has 0 saturated carbocycles. The van der Waals surface area contributed by atoms with Crippen molar-refractivity contribution in [1.82, 2.24) is 5.32 Å². The second-order valence-corrected chi connectivity index (χ2v) is 7.88. The number of hydrogen-bond acceptors (Lipinski definition) is 4. The van der Waals surface area contributed by atoms with Crippen LogP contribution in [0.4, 0.5) is 11.4 Å². The average molecular weight is 432 g/mol. The van der Waals surface area contributed by atoms with E-state index < -0.39 is 0 Å². The molecule has 0 heterocycles. The van der Waals surface area contributed by atoms with E-state index in [1.54, 1.807) is 24.3 Å². The van der Waals surface area contributed by atoms with Crippen molar-refractivity contribution in [3.63, 3.8) is 0 Å². The third-order valence-corrected chi connectivity index (χ3v) is 4.60. The highest BCUT2D eigenvalue weighted by atomic mass is 16.5. The maximum atomic E-state index is 12.3. The standard InChI is InChI=1S/C26H29N3O3/c1-19(2)18-32-24-10-6-9-23(15-24)27-17-25(30)29-22-13-11-21(12-14-22)26(31)28-16-20-7-4-3-5-8-20/h3-15,19,27H,16-18H2,1-2H3,(H,28,31)(H,29,30). The molecule has 0 fully saturated rings. The number of hydrogen-bond donors (Lipinski definition) is 3. The van der Waals surface area contributed by atoms with Gasteiger partial charge in [0.25, 0.3) is 5.91 Å². The van der Waals surface area contributed by atoms with Crippen molar-refractivity contribution >= 4 is 23.2 Å². The summed E-state index contributed by atoms with van der Waals surface area (Å²) in [5.74, 6) is 0.872. The fraction of sp³-hybridized carbons (Fsp3) is 0.231. The van der Waals surface area contributed by atoms with Gasteiger partial charge >= 0.3 is 0 Å². The van der Waals surface area contributed by atoms with Crippen LogP contribution in [-0.4, -0.2) is 25.0 Å². The molecule has 6 nitrogen and oxygen atoms in total. The quantitative estimate of drug-likeness (QED) is 0.435. The second-order valence-electron chi connectivity index (χ2n) is 7.88. The van der Waals surface area contributed by atoms with Crippen LogP contribution in [0.5, 0.6) is 5.75 Å². The lowest BCUT2D eigenvalue weighted by Gasteiger charge is -2.11. The van der Waals surface area contributed by atoms with E-state index in [-0.39, 0.29) is 18.4 Å². The zero-order valence-corrected chi connectivity index (χ0v) is 18.4. The van der Waals surface area contributed by atoms with Gasteiger partial charge in [0.15, 0.2) is 0 Å². The molecule has 0 saturated heterocycles. The molecule has 0 aliphatic carbocycles. The van der Waals surface area contributed by atoms with Gasteiger partial charge in [-0.05, 0) is 47.9 Å². The lowest BCUT2D eigenvalue weighted by atomic mass is 10.1. The molecular formula is C26H29N3O3. The Hall–Kier alpha value is -3.80. The van der Waals surface area contributed by atoms with E-state index in [2.05, 4.69) is 29.8 Å². The SMILES string of the molecule is CC(C)COc1cccc(NCC(=O)Nc2ccc(C(=O)NCc3ccccc3)cc2)c1. The Morgan fingerprint density at radius 1 is 0.875 bits per heavy atom. The molecule has 3 rings (SSSR count). The molecule has 166 valence electrons. The Bertz CT molecular complexity index is 1020. The second kappa shape index (κ2) is 11.6. The summed E-state index contributed by atoms with van der Waals surface area (Å²) in [6.45, 7) is 5.41. The molecule has 0 unspecified atom stereocenters. The van der Waals surface area contributed by atoms with Gasteiger partial charge in [-0.1, -0.05) is 50.2 Å². The number of rotatable bonds is 10. The lowest BCUT2D eigenvalue weighted by Crippen LogP contribution is -2.23. The molecule has 2 amide bonds. The van der Waals surface area contributed by atoms with Gasteiger partial charge in [0.05, 0.1) is 13.2 Å². The first-order valence-corrected chi connectivity index (χ1v) is 10.7. The first-order chi connectivity index (χ1) is 15.5. The molecule has 0 bridgehead atoms. The maximum Gasteiger partial charge on any atom is 0.251 e. The zero-order valence-electron chi connectivity index (χ0n) is 18.4. The molecule has 6 heteroatoms. The van der Waals surface area contributed by atoms with Crippen molar-refractivity contribution in [3.05, 3.63) is 90.0 Å². The number of anilines is 2. The summed E-state index contributed by atoms with van der Waals surface area (Å²) < 4.78 is 5.71. The maximum absolute atomic E-state index is 12.3. The fourth-order valence-electron chi connectivity index (χ4n) is 2.93. The van der Waals surface area contributed by atoms with Gasteiger partial charge in [-0.25, -0.2) is 0 Å². The van der Waals surface area contributed by atoms with Crippen molar-refractivity contribution in [3.8, 4) is 5.75 Å². The molecule has 0 atom stereocenters. The van der Waals surface area contributed by atoms with Crippen LogP contribution in [0.2, 0.25) is 0 Å². The average Bonchev–Trinajstić information content (AvgIpc) is 2.81. The minimum absolute atomic E-state index is 0.118. The third-order valence-electron chi connectivity index (χ3n) is 4.60. The predicted molar refractivity (Wildman–Crippen MR) is 128 cm³/mol. The van der Waals surface area contributed by atoms with Crippen molar-refractivity contribution in [2.45, 2.75) is 20.4 Å². The Labute approximate surface area is 189 Å². The molecule has 0 aliphatic rings. The summed E-state index contributed by atoms with van der Waals surface area (Å²) in [6, 6.07) is 24.1. The van der Waals surface area contributed by atoms with Crippen LogP contribution in [0.1, 0.15) is 29.8 Å². The third kappa shape index (κ3) is 7.47. The molecule has 32 heavy (non-hydrogen) atoms. The van der Waals surface area contributed by atoms with Crippen LogP contribution < -0.4 is 20.7 Å². The van der Waals surface area contributed by atoms with Gasteiger partial charge in [-0.3, -0.25) is 9.59 Å². The van der Waals surface area contributed by atoms with Gasteiger partial charge in [0.2, 0.25) is 5.91 Å². The number of benzene rings is 3. The monoisotopic (exact) mass is 431 g/mol. The summed E-state index contributed by atoms with van der Waals surface area (Å²) in [5, 5.41) is 8.81. The van der Waals surface area contributed by atoms with Gasteiger partial charge < -0.3 is 20.7 Å². The van der Waals surface area contributed by atoms with E-state index in [1.807, 2.05) is 54.6 Å². The van der Waals surface area contributed by atoms with E-state index in [9.17, 15) is 9.59 Å². The zero-order chi connectivity index (χ0) is 22.8. The fourth-order valence-corrected chi connectivity index (χ4v) is 2.93. The number of carbonyl (C=O) groups excluding carboxylic acids is 2. The number of ether oxygens (including phenoxy) is 1. The molecule has 0 aromatic heterocycles. The van der Waals surface area contributed by atoms with Crippen molar-refractivity contribution in [1.29, 1.82) is 0 Å². The number of carbonyl (C=O) groups is 2. The van der Waals surface area contributed by atoms with Gasteiger partial charge in [-0.15, -0.1) is 0 Å². The summed E-state index contributed by atoms with van der Waals surface area (Å²) in [7, 11) is 0. The Morgan fingerprint density at radius 2 is 1.62 bits per heavy atom. The van der Waals surface area contributed by atoms with E-state index in [0.717, 1.165) is 17.0 Å². The predicted octanol–water partition coefficient (Wildman–Crippen LogP) is 4.70.